The summed E-state index contributed by atoms with van der Waals surface area (Å²) in [6, 6.07) is 0. The number of likely N-dealkylation sites (tertiary alicyclic amines) is 2. The summed E-state index contributed by atoms with van der Waals surface area (Å²) in [7, 11) is 2.16. The van der Waals surface area contributed by atoms with Crippen LogP contribution in [0.3, 0.4) is 0 Å². The van der Waals surface area contributed by atoms with Crippen LogP contribution in [0.5, 0.6) is 0 Å². The van der Waals surface area contributed by atoms with Crippen molar-refractivity contribution in [3.8, 4) is 0 Å². The van der Waals surface area contributed by atoms with Crippen LogP contribution in [0.4, 0.5) is 0 Å². The van der Waals surface area contributed by atoms with Crippen LogP contribution < -0.4 is 0 Å². The van der Waals surface area contributed by atoms with E-state index in [-0.39, 0.29) is 17.6 Å². The van der Waals surface area contributed by atoms with Crippen molar-refractivity contribution in [1.29, 1.82) is 0 Å². The standard InChI is InChI=1S/C15H28N2O2/c1-15(2)10-13(18)11-17(15)14(19)5-4-12-6-8-16(3)9-7-12/h12-13,18H,4-11H2,1-3H3. The smallest absolute Gasteiger partial charge is 0.223 e. The quantitative estimate of drug-likeness (QED) is 0.843. The van der Waals surface area contributed by atoms with E-state index in [0.717, 1.165) is 19.5 Å². The summed E-state index contributed by atoms with van der Waals surface area (Å²) >= 11 is 0. The Morgan fingerprint density at radius 1 is 1.32 bits per heavy atom. The van der Waals surface area contributed by atoms with Gasteiger partial charge in [0.15, 0.2) is 0 Å². The molecule has 1 amide bonds. The van der Waals surface area contributed by atoms with Gasteiger partial charge in [-0.2, -0.15) is 0 Å². The molecule has 1 N–H and O–H groups in total. The average Bonchev–Trinajstić information content (AvgIpc) is 2.61. The Morgan fingerprint density at radius 3 is 2.47 bits per heavy atom. The SMILES string of the molecule is CN1CCC(CCC(=O)N2CC(O)CC2(C)C)CC1. The minimum atomic E-state index is -0.345. The van der Waals surface area contributed by atoms with E-state index in [1.807, 2.05) is 4.90 Å². The molecule has 1 atom stereocenters. The van der Waals surface area contributed by atoms with E-state index in [0.29, 0.717) is 25.3 Å². The van der Waals surface area contributed by atoms with Crippen molar-refractivity contribution in [2.24, 2.45) is 5.92 Å². The lowest BCUT2D eigenvalue weighted by molar-refractivity contribution is -0.134. The Kier molecular flexibility index (Phi) is 4.51. The van der Waals surface area contributed by atoms with E-state index in [9.17, 15) is 9.90 Å². The molecule has 2 heterocycles. The van der Waals surface area contributed by atoms with Crippen LogP contribution in [0.25, 0.3) is 0 Å². The molecule has 1 unspecified atom stereocenters. The molecule has 0 aliphatic carbocycles. The number of β-amino-alcohol motifs (C(OH)–C–C–N with tert-alkyl or cyclic N) is 1. The molecule has 0 aromatic heterocycles. The predicted octanol–water partition coefficient (Wildman–Crippen LogP) is 1.48. The molecule has 0 aromatic carbocycles. The third kappa shape index (κ3) is 3.69. The van der Waals surface area contributed by atoms with Crippen molar-refractivity contribution in [1.82, 2.24) is 9.80 Å². The fourth-order valence-corrected chi connectivity index (χ4v) is 3.46. The van der Waals surface area contributed by atoms with Crippen LogP contribution >= 0.6 is 0 Å². The highest BCUT2D eigenvalue weighted by Crippen LogP contribution is 2.30. The zero-order chi connectivity index (χ0) is 14.0. The molecule has 0 spiro atoms. The van der Waals surface area contributed by atoms with Crippen molar-refractivity contribution in [2.75, 3.05) is 26.7 Å². The van der Waals surface area contributed by atoms with Crippen LogP contribution in [0, 0.1) is 5.92 Å². The summed E-state index contributed by atoms with van der Waals surface area (Å²) in [5, 5.41) is 9.73. The van der Waals surface area contributed by atoms with Crippen molar-refractivity contribution in [3.05, 3.63) is 0 Å². The second-order valence-corrected chi connectivity index (χ2v) is 6.96. The zero-order valence-corrected chi connectivity index (χ0v) is 12.6. The van der Waals surface area contributed by atoms with Gasteiger partial charge in [0.2, 0.25) is 5.91 Å². The third-order valence-corrected chi connectivity index (χ3v) is 4.76. The third-order valence-electron chi connectivity index (χ3n) is 4.76. The predicted molar refractivity (Wildman–Crippen MR) is 75.9 cm³/mol. The van der Waals surface area contributed by atoms with Gasteiger partial charge in [0, 0.05) is 18.5 Å². The minimum Gasteiger partial charge on any atom is -0.391 e. The summed E-state index contributed by atoms with van der Waals surface area (Å²) in [6.45, 7) is 6.94. The molecule has 2 aliphatic rings. The first kappa shape index (κ1) is 14.8. The lowest BCUT2D eigenvalue weighted by Gasteiger charge is -2.33. The molecule has 110 valence electrons. The van der Waals surface area contributed by atoms with Gasteiger partial charge >= 0.3 is 0 Å². The van der Waals surface area contributed by atoms with Crippen LogP contribution in [-0.2, 0) is 4.79 Å². The van der Waals surface area contributed by atoms with E-state index in [1.165, 1.54) is 12.8 Å². The average molecular weight is 268 g/mol. The van der Waals surface area contributed by atoms with Gasteiger partial charge in [0.1, 0.15) is 0 Å². The fourth-order valence-electron chi connectivity index (χ4n) is 3.46. The largest absolute Gasteiger partial charge is 0.391 e. The maximum Gasteiger partial charge on any atom is 0.223 e. The molecule has 2 fully saturated rings. The Labute approximate surface area is 116 Å². The summed E-state index contributed by atoms with van der Waals surface area (Å²) < 4.78 is 0. The lowest BCUT2D eigenvalue weighted by atomic mass is 9.92. The molecule has 2 rings (SSSR count). The van der Waals surface area contributed by atoms with E-state index >= 15 is 0 Å². The van der Waals surface area contributed by atoms with E-state index < -0.39 is 0 Å². The van der Waals surface area contributed by atoms with Crippen LogP contribution in [0.15, 0.2) is 0 Å². The maximum absolute atomic E-state index is 12.3. The van der Waals surface area contributed by atoms with Gasteiger partial charge in [-0.1, -0.05) is 0 Å². The van der Waals surface area contributed by atoms with Crippen molar-refractivity contribution in [3.63, 3.8) is 0 Å². The molecule has 4 heteroatoms. The number of carbonyl (C=O) groups excluding carboxylic acids is 1. The van der Waals surface area contributed by atoms with Crippen LogP contribution in [0.1, 0.15) is 46.0 Å². The maximum atomic E-state index is 12.3. The highest BCUT2D eigenvalue weighted by atomic mass is 16.3. The number of aliphatic hydroxyl groups is 1. The summed E-state index contributed by atoms with van der Waals surface area (Å²) in [6.07, 6.45) is 4.45. The highest BCUT2D eigenvalue weighted by molar-refractivity contribution is 5.77. The van der Waals surface area contributed by atoms with Gasteiger partial charge in [0.25, 0.3) is 0 Å². The molecule has 0 bridgehead atoms. The van der Waals surface area contributed by atoms with Crippen LogP contribution in [-0.4, -0.2) is 59.1 Å². The fraction of sp³-hybridized carbons (Fsp3) is 0.933. The van der Waals surface area contributed by atoms with Gasteiger partial charge in [-0.25, -0.2) is 0 Å². The highest BCUT2D eigenvalue weighted by Gasteiger charge is 2.40. The molecule has 4 nitrogen and oxygen atoms in total. The Bertz CT molecular complexity index is 322. The number of piperidine rings is 1. The summed E-state index contributed by atoms with van der Waals surface area (Å²) in [5.74, 6) is 0.927. The van der Waals surface area contributed by atoms with Crippen LogP contribution in [0.2, 0.25) is 0 Å². The first-order valence-electron chi connectivity index (χ1n) is 7.55. The van der Waals surface area contributed by atoms with Crippen molar-refractivity contribution < 1.29 is 9.90 Å². The second-order valence-electron chi connectivity index (χ2n) is 6.96. The number of nitrogens with zero attached hydrogens (tertiary/aromatic N) is 2. The van der Waals surface area contributed by atoms with Crippen molar-refractivity contribution >= 4 is 5.91 Å². The topological polar surface area (TPSA) is 43.8 Å². The van der Waals surface area contributed by atoms with Gasteiger partial charge in [0.05, 0.1) is 6.10 Å². The first-order valence-corrected chi connectivity index (χ1v) is 7.55. The van der Waals surface area contributed by atoms with Crippen molar-refractivity contribution in [2.45, 2.75) is 57.6 Å². The number of aliphatic hydroxyl groups excluding tert-OH is 1. The molecular formula is C15H28N2O2. The normalized spacial score (nSPS) is 28.8. The molecular weight excluding hydrogens is 240 g/mol. The van der Waals surface area contributed by atoms with Gasteiger partial charge in [-0.3, -0.25) is 4.79 Å². The second kappa shape index (κ2) is 5.80. The number of rotatable bonds is 3. The molecule has 19 heavy (non-hydrogen) atoms. The Hall–Kier alpha value is -0.610. The van der Waals surface area contributed by atoms with E-state index in [1.54, 1.807) is 0 Å². The first-order chi connectivity index (χ1) is 8.88. The minimum absolute atomic E-state index is 0.177. The van der Waals surface area contributed by atoms with E-state index in [4.69, 9.17) is 0 Å². The van der Waals surface area contributed by atoms with Gasteiger partial charge in [-0.05, 0) is 65.6 Å². The summed E-state index contributed by atoms with van der Waals surface area (Å²) in [4.78, 5) is 16.6. The Morgan fingerprint density at radius 2 is 1.95 bits per heavy atom. The molecule has 2 aliphatic heterocycles. The number of carbonyl (C=O) groups is 1. The number of amides is 1. The number of hydrogen-bond acceptors (Lipinski definition) is 3. The zero-order valence-electron chi connectivity index (χ0n) is 12.6. The number of hydrogen-bond donors (Lipinski definition) is 1. The monoisotopic (exact) mass is 268 g/mol. The summed E-state index contributed by atoms with van der Waals surface area (Å²) in [5.41, 5.74) is -0.177. The Balaban J connectivity index is 1.78. The molecule has 0 saturated carbocycles. The molecule has 2 saturated heterocycles. The lowest BCUT2D eigenvalue weighted by Crippen LogP contribution is -2.43. The molecule has 0 radical (unpaired) electrons. The molecule has 0 aromatic rings. The van der Waals surface area contributed by atoms with Gasteiger partial charge < -0.3 is 14.9 Å². The van der Waals surface area contributed by atoms with E-state index in [2.05, 4.69) is 25.8 Å². The van der Waals surface area contributed by atoms with Gasteiger partial charge in [-0.15, -0.1) is 0 Å².